The van der Waals surface area contributed by atoms with E-state index in [9.17, 15) is 9.90 Å². The molecule has 0 saturated carbocycles. The van der Waals surface area contributed by atoms with Gasteiger partial charge < -0.3 is 19.9 Å². The molecule has 0 amide bonds. The number of fused-ring (bicyclic) bond motifs is 2. The third-order valence-electron chi connectivity index (χ3n) is 6.08. The van der Waals surface area contributed by atoms with Crippen molar-refractivity contribution in [3.05, 3.63) is 52.6 Å². The first-order valence-electron chi connectivity index (χ1n) is 10.2. The van der Waals surface area contributed by atoms with Gasteiger partial charge in [0.2, 0.25) is 0 Å². The van der Waals surface area contributed by atoms with Gasteiger partial charge in [-0.05, 0) is 67.5 Å². The van der Waals surface area contributed by atoms with Gasteiger partial charge in [0.1, 0.15) is 23.5 Å². The number of hydrogen-bond donors (Lipinski definition) is 2. The number of phenolic OH excluding ortho intramolecular Hbond substituents is 1. The molecule has 4 rings (SSSR count). The highest BCUT2D eigenvalue weighted by Crippen LogP contribution is 2.47. The summed E-state index contributed by atoms with van der Waals surface area (Å²) >= 11 is 0. The molecule has 0 unspecified atom stereocenters. The predicted octanol–water partition coefficient (Wildman–Crippen LogP) is 4.95. The van der Waals surface area contributed by atoms with Gasteiger partial charge in [0.05, 0.1) is 19.6 Å². The summed E-state index contributed by atoms with van der Waals surface area (Å²) in [6.07, 6.45) is 1.60. The van der Waals surface area contributed by atoms with Crippen LogP contribution in [0.25, 0.3) is 21.9 Å². The van der Waals surface area contributed by atoms with E-state index in [1.807, 2.05) is 44.2 Å². The van der Waals surface area contributed by atoms with Gasteiger partial charge in [0.15, 0.2) is 0 Å². The van der Waals surface area contributed by atoms with Crippen LogP contribution in [0.15, 0.2) is 30.3 Å². The highest BCUT2D eigenvalue weighted by Gasteiger charge is 2.29. The van der Waals surface area contributed by atoms with Gasteiger partial charge in [-0.3, -0.25) is 4.79 Å². The summed E-state index contributed by atoms with van der Waals surface area (Å²) in [7, 11) is 3.26. The molecule has 1 aliphatic rings. The molecule has 0 saturated heterocycles. The fourth-order valence-corrected chi connectivity index (χ4v) is 4.86. The van der Waals surface area contributed by atoms with E-state index in [0.717, 1.165) is 39.3 Å². The Balaban J connectivity index is 2.11. The molecule has 0 aromatic heterocycles. The summed E-state index contributed by atoms with van der Waals surface area (Å²) in [4.78, 5) is 12.0. The zero-order valence-corrected chi connectivity index (χ0v) is 18.0. The number of rotatable bonds is 4. The lowest BCUT2D eigenvalue weighted by Gasteiger charge is -2.32. The molecule has 0 radical (unpaired) electrons. The minimum Gasteiger partial charge on any atom is -0.507 e. The zero-order chi connectivity index (χ0) is 21.6. The molecule has 0 fully saturated rings. The summed E-state index contributed by atoms with van der Waals surface area (Å²) < 4.78 is 11.2. The summed E-state index contributed by atoms with van der Waals surface area (Å²) in [5.41, 5.74) is 4.84. The van der Waals surface area contributed by atoms with Crippen molar-refractivity contribution in [3.8, 4) is 28.4 Å². The Morgan fingerprint density at radius 3 is 2.53 bits per heavy atom. The van der Waals surface area contributed by atoms with Crippen molar-refractivity contribution in [1.29, 1.82) is 0 Å². The van der Waals surface area contributed by atoms with Gasteiger partial charge in [0, 0.05) is 28.8 Å². The van der Waals surface area contributed by atoms with Gasteiger partial charge in [-0.2, -0.15) is 0 Å². The molecule has 0 aliphatic carbocycles. The Morgan fingerprint density at radius 2 is 1.87 bits per heavy atom. The quantitative estimate of drug-likeness (QED) is 0.602. The van der Waals surface area contributed by atoms with Gasteiger partial charge in [0.25, 0.3) is 0 Å². The topological polar surface area (TPSA) is 67.8 Å². The molecule has 2 atom stereocenters. The third kappa shape index (κ3) is 3.01. The number of ether oxygens (including phenoxy) is 2. The maximum absolute atomic E-state index is 12.0. The number of aldehydes is 1. The number of phenols is 1. The van der Waals surface area contributed by atoms with E-state index in [0.29, 0.717) is 29.0 Å². The van der Waals surface area contributed by atoms with Crippen molar-refractivity contribution in [2.75, 3.05) is 14.2 Å². The number of benzene rings is 3. The van der Waals surface area contributed by atoms with Crippen LogP contribution in [0.4, 0.5) is 0 Å². The fourth-order valence-electron chi connectivity index (χ4n) is 4.86. The number of nitrogens with one attached hydrogen (secondary N) is 1. The molecule has 0 bridgehead atoms. The van der Waals surface area contributed by atoms with Crippen molar-refractivity contribution in [3.63, 3.8) is 0 Å². The van der Waals surface area contributed by atoms with E-state index in [-0.39, 0.29) is 17.8 Å². The first-order chi connectivity index (χ1) is 14.4. The van der Waals surface area contributed by atoms with Gasteiger partial charge in [-0.1, -0.05) is 12.1 Å². The van der Waals surface area contributed by atoms with Crippen molar-refractivity contribution >= 4 is 17.1 Å². The highest BCUT2D eigenvalue weighted by molar-refractivity contribution is 6.06. The molecule has 3 aromatic rings. The second-order valence-corrected chi connectivity index (χ2v) is 8.02. The molecule has 156 valence electrons. The van der Waals surface area contributed by atoms with Crippen molar-refractivity contribution in [1.82, 2.24) is 5.32 Å². The molecule has 5 nitrogen and oxygen atoms in total. The van der Waals surface area contributed by atoms with Crippen LogP contribution in [0.1, 0.15) is 46.9 Å². The number of methoxy groups -OCH3 is 2. The summed E-state index contributed by atoms with van der Waals surface area (Å²) in [5, 5.41) is 16.6. The smallest absolute Gasteiger partial charge is 0.150 e. The lowest BCUT2D eigenvalue weighted by Crippen LogP contribution is -2.36. The first-order valence-corrected chi connectivity index (χ1v) is 10.2. The summed E-state index contributed by atoms with van der Waals surface area (Å²) in [5.74, 6) is 1.63. The number of carbonyl (C=O) groups is 1. The maximum Gasteiger partial charge on any atom is 0.150 e. The lowest BCUT2D eigenvalue weighted by molar-refractivity contribution is 0.112. The minimum absolute atomic E-state index is 0.0539. The number of carbonyl (C=O) groups excluding carboxylic acids is 1. The van der Waals surface area contributed by atoms with Crippen molar-refractivity contribution < 1.29 is 19.4 Å². The average Bonchev–Trinajstić information content (AvgIpc) is 2.73. The third-order valence-corrected chi connectivity index (χ3v) is 6.08. The van der Waals surface area contributed by atoms with Crippen LogP contribution in [-0.2, 0) is 6.42 Å². The molecule has 3 aromatic carbocycles. The van der Waals surface area contributed by atoms with Crippen LogP contribution in [0, 0.1) is 6.92 Å². The van der Waals surface area contributed by atoms with E-state index < -0.39 is 0 Å². The van der Waals surface area contributed by atoms with E-state index in [4.69, 9.17) is 9.47 Å². The fraction of sp³-hybridized carbons (Fsp3) is 0.320. The van der Waals surface area contributed by atoms with Gasteiger partial charge >= 0.3 is 0 Å². The van der Waals surface area contributed by atoms with Crippen molar-refractivity contribution in [2.45, 2.75) is 39.3 Å². The molecule has 1 heterocycles. The van der Waals surface area contributed by atoms with Crippen LogP contribution >= 0.6 is 0 Å². The second-order valence-electron chi connectivity index (χ2n) is 8.02. The molecule has 0 spiro atoms. The normalized spacial score (nSPS) is 18.2. The first kappa shape index (κ1) is 20.2. The molecule has 2 N–H and O–H groups in total. The summed E-state index contributed by atoms with van der Waals surface area (Å²) in [6.45, 7) is 6.10. The van der Waals surface area contributed by atoms with Crippen LogP contribution in [0.2, 0.25) is 0 Å². The highest BCUT2D eigenvalue weighted by atomic mass is 16.5. The Morgan fingerprint density at radius 1 is 1.13 bits per heavy atom. The second kappa shape index (κ2) is 7.65. The maximum atomic E-state index is 12.0. The Kier molecular flexibility index (Phi) is 5.16. The zero-order valence-electron chi connectivity index (χ0n) is 18.0. The van der Waals surface area contributed by atoms with E-state index in [2.05, 4.69) is 12.2 Å². The van der Waals surface area contributed by atoms with Crippen LogP contribution in [-0.4, -0.2) is 31.7 Å². The Bertz CT molecular complexity index is 1150. The predicted molar refractivity (Wildman–Crippen MR) is 119 cm³/mol. The Hall–Kier alpha value is -3.05. The largest absolute Gasteiger partial charge is 0.507 e. The standard InChI is InChI=1S/C25H27NO4/c1-13-9-21(30-5)24-17(7-6-8-20(24)29-4)22(13)19-11-16(12-27)18-10-14(2)26-15(3)23(18)25(19)28/h6-9,11-12,14-15,26,28H,10H2,1-5H3/t14-,15-/m1/s1. The summed E-state index contributed by atoms with van der Waals surface area (Å²) in [6, 6.07) is 9.76. The lowest BCUT2D eigenvalue weighted by atomic mass is 9.82. The molecule has 1 aliphatic heterocycles. The molecular weight excluding hydrogens is 378 g/mol. The minimum atomic E-state index is -0.0539. The SMILES string of the molecule is COc1cccc2c(-c3cc(C=O)c4c(c3O)[C@@H](C)N[C@H](C)C4)c(C)cc(OC)c12. The van der Waals surface area contributed by atoms with E-state index in [1.54, 1.807) is 14.2 Å². The average molecular weight is 405 g/mol. The van der Waals surface area contributed by atoms with Crippen LogP contribution < -0.4 is 14.8 Å². The Labute approximate surface area is 176 Å². The number of aromatic hydroxyl groups is 1. The van der Waals surface area contributed by atoms with Gasteiger partial charge in [-0.15, -0.1) is 0 Å². The molecule has 5 heteroatoms. The van der Waals surface area contributed by atoms with Crippen molar-refractivity contribution in [2.24, 2.45) is 0 Å². The van der Waals surface area contributed by atoms with Crippen LogP contribution in [0.3, 0.4) is 0 Å². The van der Waals surface area contributed by atoms with E-state index in [1.165, 1.54) is 0 Å². The van der Waals surface area contributed by atoms with Gasteiger partial charge in [-0.25, -0.2) is 0 Å². The monoisotopic (exact) mass is 405 g/mol. The number of aryl methyl sites for hydroxylation is 1. The molecular formula is C25H27NO4. The van der Waals surface area contributed by atoms with Crippen LogP contribution in [0.5, 0.6) is 17.2 Å². The molecule has 30 heavy (non-hydrogen) atoms. The number of hydrogen-bond acceptors (Lipinski definition) is 5. The van der Waals surface area contributed by atoms with E-state index >= 15 is 0 Å².